The molecule has 5 nitrogen and oxygen atoms in total. The highest BCUT2D eigenvalue weighted by Gasteiger charge is 2.28. The fourth-order valence-corrected chi connectivity index (χ4v) is 1.71. The second-order valence-electron chi connectivity index (χ2n) is 4.48. The van der Waals surface area contributed by atoms with Crippen LogP contribution >= 0.6 is 0 Å². The standard InChI is InChI=1S/C11H18N4O/c1-3-4-7(2)12-11(16)10-13-9(14-15-10)8-5-6-8/h7-8H,3-6H2,1-2H3,(H,12,16)(H,13,14,15). The van der Waals surface area contributed by atoms with Crippen molar-refractivity contribution in [2.75, 3.05) is 0 Å². The van der Waals surface area contributed by atoms with Crippen LogP contribution in [0.4, 0.5) is 0 Å². The number of nitrogens with one attached hydrogen (secondary N) is 2. The topological polar surface area (TPSA) is 70.7 Å². The third-order valence-corrected chi connectivity index (χ3v) is 2.77. The zero-order chi connectivity index (χ0) is 11.5. The number of amides is 1. The van der Waals surface area contributed by atoms with Gasteiger partial charge in [0, 0.05) is 12.0 Å². The van der Waals surface area contributed by atoms with Crippen molar-refractivity contribution in [2.24, 2.45) is 0 Å². The van der Waals surface area contributed by atoms with Gasteiger partial charge < -0.3 is 5.32 Å². The molecule has 0 aliphatic heterocycles. The van der Waals surface area contributed by atoms with E-state index in [1.807, 2.05) is 6.92 Å². The summed E-state index contributed by atoms with van der Waals surface area (Å²) in [6.07, 6.45) is 4.35. The number of aromatic nitrogens is 3. The third-order valence-electron chi connectivity index (χ3n) is 2.77. The van der Waals surface area contributed by atoms with Crippen LogP contribution in [0.1, 0.15) is 61.9 Å². The Morgan fingerprint density at radius 1 is 1.62 bits per heavy atom. The van der Waals surface area contributed by atoms with Crippen LogP contribution in [0.25, 0.3) is 0 Å². The lowest BCUT2D eigenvalue weighted by Crippen LogP contribution is -2.33. The quantitative estimate of drug-likeness (QED) is 0.795. The molecule has 0 aromatic carbocycles. The molecule has 2 N–H and O–H groups in total. The molecule has 1 unspecified atom stereocenters. The molecule has 0 radical (unpaired) electrons. The number of hydrogen-bond donors (Lipinski definition) is 2. The average Bonchev–Trinajstić information content (AvgIpc) is 2.96. The lowest BCUT2D eigenvalue weighted by molar-refractivity contribution is 0.0928. The zero-order valence-electron chi connectivity index (χ0n) is 9.79. The Hall–Kier alpha value is -1.39. The first-order valence-corrected chi connectivity index (χ1v) is 5.94. The van der Waals surface area contributed by atoms with E-state index in [2.05, 4.69) is 27.4 Å². The van der Waals surface area contributed by atoms with Gasteiger partial charge in [-0.05, 0) is 26.2 Å². The van der Waals surface area contributed by atoms with Gasteiger partial charge in [-0.1, -0.05) is 13.3 Å². The van der Waals surface area contributed by atoms with Crippen LogP contribution in [0, 0.1) is 0 Å². The van der Waals surface area contributed by atoms with Gasteiger partial charge in [0.2, 0.25) is 5.82 Å². The molecule has 1 amide bonds. The summed E-state index contributed by atoms with van der Waals surface area (Å²) in [7, 11) is 0. The lowest BCUT2D eigenvalue weighted by atomic mass is 10.2. The molecule has 0 spiro atoms. The van der Waals surface area contributed by atoms with E-state index in [0.717, 1.165) is 31.5 Å². The van der Waals surface area contributed by atoms with Crippen molar-refractivity contribution in [2.45, 2.75) is 51.5 Å². The second kappa shape index (κ2) is 4.63. The summed E-state index contributed by atoms with van der Waals surface area (Å²) in [4.78, 5) is 15.9. The van der Waals surface area contributed by atoms with Gasteiger partial charge in [0.15, 0.2) is 0 Å². The van der Waals surface area contributed by atoms with Gasteiger partial charge in [0.1, 0.15) is 5.82 Å². The minimum atomic E-state index is -0.177. The molecule has 88 valence electrons. The highest BCUT2D eigenvalue weighted by Crippen LogP contribution is 2.37. The third kappa shape index (κ3) is 2.59. The first-order chi connectivity index (χ1) is 7.70. The summed E-state index contributed by atoms with van der Waals surface area (Å²) >= 11 is 0. The normalized spacial score (nSPS) is 17.1. The zero-order valence-corrected chi connectivity index (χ0v) is 9.79. The highest BCUT2D eigenvalue weighted by atomic mass is 16.2. The predicted octanol–water partition coefficient (Wildman–Crippen LogP) is 1.60. The molecule has 5 heteroatoms. The molecule has 0 saturated heterocycles. The van der Waals surface area contributed by atoms with E-state index in [1.165, 1.54) is 0 Å². The molecule has 1 fully saturated rings. The summed E-state index contributed by atoms with van der Waals surface area (Å²) in [5, 5.41) is 9.66. The second-order valence-corrected chi connectivity index (χ2v) is 4.48. The van der Waals surface area contributed by atoms with Crippen molar-refractivity contribution in [3.63, 3.8) is 0 Å². The average molecular weight is 222 g/mol. The molecule has 1 heterocycles. The Balaban J connectivity index is 1.92. The first-order valence-electron chi connectivity index (χ1n) is 5.94. The summed E-state index contributed by atoms with van der Waals surface area (Å²) < 4.78 is 0. The first kappa shape index (κ1) is 11.1. The van der Waals surface area contributed by atoms with Gasteiger partial charge in [-0.3, -0.25) is 9.89 Å². The van der Waals surface area contributed by atoms with E-state index in [1.54, 1.807) is 0 Å². The minimum absolute atomic E-state index is 0.177. The van der Waals surface area contributed by atoms with Crippen LogP contribution in [0.15, 0.2) is 0 Å². The van der Waals surface area contributed by atoms with E-state index in [4.69, 9.17) is 0 Å². The predicted molar refractivity (Wildman–Crippen MR) is 60.2 cm³/mol. The van der Waals surface area contributed by atoms with Crippen LogP contribution in [0.5, 0.6) is 0 Å². The van der Waals surface area contributed by atoms with Gasteiger partial charge in [0.25, 0.3) is 5.91 Å². The van der Waals surface area contributed by atoms with Crippen molar-refractivity contribution < 1.29 is 4.79 Å². The van der Waals surface area contributed by atoms with Gasteiger partial charge in [-0.25, -0.2) is 4.98 Å². The van der Waals surface area contributed by atoms with E-state index in [-0.39, 0.29) is 17.8 Å². The van der Waals surface area contributed by atoms with E-state index in [9.17, 15) is 4.79 Å². The van der Waals surface area contributed by atoms with Crippen molar-refractivity contribution in [3.05, 3.63) is 11.6 Å². The van der Waals surface area contributed by atoms with Crippen LogP contribution < -0.4 is 5.32 Å². The molecule has 1 aliphatic carbocycles. The van der Waals surface area contributed by atoms with Crippen LogP contribution in [-0.4, -0.2) is 27.1 Å². The largest absolute Gasteiger partial charge is 0.347 e. The van der Waals surface area contributed by atoms with Crippen LogP contribution in [-0.2, 0) is 0 Å². The lowest BCUT2D eigenvalue weighted by Gasteiger charge is -2.10. The van der Waals surface area contributed by atoms with Crippen molar-refractivity contribution in [1.82, 2.24) is 20.5 Å². The van der Waals surface area contributed by atoms with Gasteiger partial charge in [-0.15, -0.1) is 5.10 Å². The van der Waals surface area contributed by atoms with Gasteiger partial charge in [-0.2, -0.15) is 0 Å². The molecule has 1 aliphatic rings. The Morgan fingerprint density at radius 2 is 2.38 bits per heavy atom. The smallest absolute Gasteiger partial charge is 0.291 e. The molecule has 16 heavy (non-hydrogen) atoms. The van der Waals surface area contributed by atoms with Crippen molar-refractivity contribution in [1.29, 1.82) is 0 Å². The Morgan fingerprint density at radius 3 is 3.00 bits per heavy atom. The number of rotatable bonds is 5. The van der Waals surface area contributed by atoms with Crippen molar-refractivity contribution in [3.8, 4) is 0 Å². The minimum Gasteiger partial charge on any atom is -0.347 e. The molecule has 0 bridgehead atoms. The Labute approximate surface area is 95.0 Å². The summed E-state index contributed by atoms with van der Waals surface area (Å²) in [5.41, 5.74) is 0. The summed E-state index contributed by atoms with van der Waals surface area (Å²) in [6, 6.07) is 0.181. The molecular formula is C11H18N4O. The molecule has 2 rings (SSSR count). The molecule has 1 atom stereocenters. The number of carbonyl (C=O) groups is 1. The monoisotopic (exact) mass is 222 g/mol. The molecular weight excluding hydrogens is 204 g/mol. The number of hydrogen-bond acceptors (Lipinski definition) is 3. The highest BCUT2D eigenvalue weighted by molar-refractivity contribution is 5.90. The number of aromatic amines is 1. The SMILES string of the molecule is CCCC(C)NC(=O)c1n[nH]c(C2CC2)n1. The van der Waals surface area contributed by atoms with E-state index in [0.29, 0.717) is 5.92 Å². The number of carbonyl (C=O) groups excluding carboxylic acids is 1. The summed E-state index contributed by atoms with van der Waals surface area (Å²) in [6.45, 7) is 4.09. The maximum absolute atomic E-state index is 11.7. The maximum Gasteiger partial charge on any atom is 0.291 e. The number of nitrogens with zero attached hydrogens (tertiary/aromatic N) is 2. The fraction of sp³-hybridized carbons (Fsp3) is 0.727. The Kier molecular flexibility index (Phi) is 3.22. The van der Waals surface area contributed by atoms with Crippen LogP contribution in [0.2, 0.25) is 0 Å². The number of H-pyrrole nitrogens is 1. The summed E-state index contributed by atoms with van der Waals surface area (Å²) in [5.74, 6) is 1.45. The van der Waals surface area contributed by atoms with Gasteiger partial charge in [0.05, 0.1) is 0 Å². The Bertz CT molecular complexity index is 370. The van der Waals surface area contributed by atoms with E-state index < -0.39 is 0 Å². The maximum atomic E-state index is 11.7. The van der Waals surface area contributed by atoms with Crippen molar-refractivity contribution >= 4 is 5.91 Å². The molecule has 1 aromatic rings. The van der Waals surface area contributed by atoms with E-state index >= 15 is 0 Å². The molecule has 1 saturated carbocycles. The van der Waals surface area contributed by atoms with Gasteiger partial charge >= 0.3 is 0 Å². The fourth-order valence-electron chi connectivity index (χ4n) is 1.71. The van der Waals surface area contributed by atoms with Crippen LogP contribution in [0.3, 0.4) is 0 Å². The molecule has 1 aromatic heterocycles.